The third-order valence-electron chi connectivity index (χ3n) is 3.43. The standard InChI is InChI=1S/C12H23N3O2/c1-14(11-3-4-11)12(16)13-5-7-15-6-2-9-17-10-8-15/h11H,2-10H2,1H3,(H,13,16). The normalized spacial score (nSPS) is 21.9. The number of nitrogens with zero attached hydrogens (tertiary/aromatic N) is 2. The number of hydrogen-bond acceptors (Lipinski definition) is 3. The Morgan fingerprint density at radius 1 is 1.41 bits per heavy atom. The molecule has 5 nitrogen and oxygen atoms in total. The van der Waals surface area contributed by atoms with Crippen molar-refractivity contribution in [1.29, 1.82) is 0 Å². The van der Waals surface area contributed by atoms with Crippen molar-refractivity contribution in [1.82, 2.24) is 15.1 Å². The summed E-state index contributed by atoms with van der Waals surface area (Å²) >= 11 is 0. The molecule has 2 fully saturated rings. The number of hydrogen-bond donors (Lipinski definition) is 1. The third kappa shape index (κ3) is 4.16. The predicted molar refractivity (Wildman–Crippen MR) is 66.1 cm³/mol. The Bertz CT molecular complexity index is 248. The van der Waals surface area contributed by atoms with Crippen molar-refractivity contribution in [2.45, 2.75) is 25.3 Å². The van der Waals surface area contributed by atoms with E-state index in [1.165, 1.54) is 0 Å². The number of carbonyl (C=O) groups excluding carboxylic acids is 1. The number of ether oxygens (including phenoxy) is 1. The van der Waals surface area contributed by atoms with Gasteiger partial charge in [0.05, 0.1) is 6.61 Å². The molecule has 0 atom stereocenters. The quantitative estimate of drug-likeness (QED) is 0.780. The van der Waals surface area contributed by atoms with Crippen molar-refractivity contribution < 1.29 is 9.53 Å². The van der Waals surface area contributed by atoms with Gasteiger partial charge in [-0.3, -0.25) is 4.90 Å². The van der Waals surface area contributed by atoms with Gasteiger partial charge in [0, 0.05) is 45.9 Å². The Kier molecular flexibility index (Phi) is 4.62. The van der Waals surface area contributed by atoms with Crippen LogP contribution in [0.4, 0.5) is 4.79 Å². The second-order valence-electron chi connectivity index (χ2n) is 4.88. The average Bonchev–Trinajstić information content (AvgIpc) is 3.15. The molecule has 1 heterocycles. The summed E-state index contributed by atoms with van der Waals surface area (Å²) in [6.45, 7) is 5.40. The average molecular weight is 241 g/mol. The van der Waals surface area contributed by atoms with Gasteiger partial charge in [0.2, 0.25) is 0 Å². The van der Waals surface area contributed by atoms with E-state index < -0.39 is 0 Å². The fraction of sp³-hybridized carbons (Fsp3) is 0.917. The summed E-state index contributed by atoms with van der Waals surface area (Å²) in [5.74, 6) is 0. The van der Waals surface area contributed by atoms with Crippen molar-refractivity contribution in [2.75, 3.05) is 46.4 Å². The van der Waals surface area contributed by atoms with Gasteiger partial charge >= 0.3 is 6.03 Å². The number of carbonyl (C=O) groups is 1. The van der Waals surface area contributed by atoms with Gasteiger partial charge in [0.25, 0.3) is 0 Å². The fourth-order valence-corrected chi connectivity index (χ4v) is 2.09. The molecule has 5 heteroatoms. The first-order valence-electron chi connectivity index (χ1n) is 6.58. The highest BCUT2D eigenvalue weighted by molar-refractivity contribution is 5.74. The van der Waals surface area contributed by atoms with Gasteiger partial charge in [0.15, 0.2) is 0 Å². The molecule has 0 unspecified atom stereocenters. The first-order chi connectivity index (χ1) is 8.27. The Morgan fingerprint density at radius 2 is 2.24 bits per heavy atom. The van der Waals surface area contributed by atoms with E-state index in [1.807, 2.05) is 11.9 Å². The third-order valence-corrected chi connectivity index (χ3v) is 3.43. The summed E-state index contributed by atoms with van der Waals surface area (Å²) in [5.41, 5.74) is 0. The second-order valence-corrected chi connectivity index (χ2v) is 4.88. The Hall–Kier alpha value is -0.810. The zero-order valence-electron chi connectivity index (χ0n) is 10.7. The first kappa shape index (κ1) is 12.6. The van der Waals surface area contributed by atoms with Crippen molar-refractivity contribution in [3.05, 3.63) is 0 Å². The highest BCUT2D eigenvalue weighted by Gasteiger charge is 2.29. The smallest absolute Gasteiger partial charge is 0.317 e. The van der Waals surface area contributed by atoms with Crippen LogP contribution in [0.25, 0.3) is 0 Å². The Morgan fingerprint density at radius 3 is 3.00 bits per heavy atom. The number of amides is 2. The molecule has 0 radical (unpaired) electrons. The lowest BCUT2D eigenvalue weighted by molar-refractivity contribution is 0.141. The first-order valence-corrected chi connectivity index (χ1v) is 6.58. The molecule has 2 aliphatic rings. The zero-order valence-corrected chi connectivity index (χ0v) is 10.7. The summed E-state index contributed by atoms with van der Waals surface area (Å²) in [4.78, 5) is 15.9. The molecule has 2 rings (SSSR count). The van der Waals surface area contributed by atoms with Crippen LogP contribution in [0.2, 0.25) is 0 Å². The molecule has 0 bridgehead atoms. The molecular weight excluding hydrogens is 218 g/mol. The van der Waals surface area contributed by atoms with Crippen molar-refractivity contribution in [2.24, 2.45) is 0 Å². The van der Waals surface area contributed by atoms with E-state index in [9.17, 15) is 4.79 Å². The molecule has 1 N–H and O–H groups in total. The summed E-state index contributed by atoms with van der Waals surface area (Å²) in [6.07, 6.45) is 3.41. The minimum atomic E-state index is 0.0681. The van der Waals surface area contributed by atoms with Crippen LogP contribution < -0.4 is 5.32 Å². The van der Waals surface area contributed by atoms with Crippen LogP contribution in [0.1, 0.15) is 19.3 Å². The fourth-order valence-electron chi connectivity index (χ4n) is 2.09. The van der Waals surface area contributed by atoms with Gasteiger partial charge in [-0.2, -0.15) is 0 Å². The van der Waals surface area contributed by atoms with E-state index in [-0.39, 0.29) is 6.03 Å². The molecule has 1 aliphatic heterocycles. The number of urea groups is 1. The highest BCUT2D eigenvalue weighted by atomic mass is 16.5. The Balaban J connectivity index is 1.59. The van der Waals surface area contributed by atoms with Gasteiger partial charge in [-0.25, -0.2) is 4.79 Å². The van der Waals surface area contributed by atoms with Crippen molar-refractivity contribution >= 4 is 6.03 Å². The van der Waals surface area contributed by atoms with Gasteiger partial charge < -0.3 is 15.0 Å². The molecule has 1 saturated carbocycles. The van der Waals surface area contributed by atoms with Crippen molar-refractivity contribution in [3.8, 4) is 0 Å². The molecule has 0 aromatic rings. The molecule has 0 aromatic heterocycles. The van der Waals surface area contributed by atoms with Crippen LogP contribution in [0, 0.1) is 0 Å². The SMILES string of the molecule is CN(C(=O)NCCN1CCCOCC1)C1CC1. The van der Waals surface area contributed by atoms with E-state index in [4.69, 9.17) is 4.74 Å². The molecule has 0 aromatic carbocycles. The molecular formula is C12H23N3O2. The lowest BCUT2D eigenvalue weighted by Gasteiger charge is -2.21. The maximum Gasteiger partial charge on any atom is 0.317 e. The molecule has 98 valence electrons. The van der Waals surface area contributed by atoms with Crippen LogP contribution in [-0.4, -0.2) is 68.3 Å². The molecule has 1 aliphatic carbocycles. The summed E-state index contributed by atoms with van der Waals surface area (Å²) in [7, 11) is 1.88. The van der Waals surface area contributed by atoms with Gasteiger partial charge in [-0.05, 0) is 19.3 Å². The number of nitrogens with one attached hydrogen (secondary N) is 1. The monoisotopic (exact) mass is 241 g/mol. The zero-order chi connectivity index (χ0) is 12.1. The van der Waals surface area contributed by atoms with Crippen LogP contribution in [0.15, 0.2) is 0 Å². The lowest BCUT2D eigenvalue weighted by Crippen LogP contribution is -2.42. The maximum absolute atomic E-state index is 11.7. The molecule has 2 amide bonds. The predicted octanol–water partition coefficient (Wildman–Crippen LogP) is 0.513. The summed E-state index contributed by atoms with van der Waals surface area (Å²) in [6, 6.07) is 0.556. The van der Waals surface area contributed by atoms with Gasteiger partial charge in [-0.1, -0.05) is 0 Å². The lowest BCUT2D eigenvalue weighted by atomic mass is 10.4. The van der Waals surface area contributed by atoms with Gasteiger partial charge in [-0.15, -0.1) is 0 Å². The summed E-state index contributed by atoms with van der Waals surface area (Å²) in [5, 5.41) is 2.98. The van der Waals surface area contributed by atoms with E-state index in [0.717, 1.165) is 58.7 Å². The molecule has 17 heavy (non-hydrogen) atoms. The highest BCUT2D eigenvalue weighted by Crippen LogP contribution is 2.24. The largest absolute Gasteiger partial charge is 0.380 e. The molecule has 0 spiro atoms. The van der Waals surface area contributed by atoms with Crippen molar-refractivity contribution in [3.63, 3.8) is 0 Å². The van der Waals surface area contributed by atoms with E-state index in [2.05, 4.69) is 10.2 Å². The second kappa shape index (κ2) is 6.21. The Labute approximate surface area is 103 Å². The van der Waals surface area contributed by atoms with Crippen LogP contribution >= 0.6 is 0 Å². The summed E-state index contributed by atoms with van der Waals surface area (Å²) < 4.78 is 5.39. The van der Waals surface area contributed by atoms with Crippen LogP contribution in [0.3, 0.4) is 0 Å². The topological polar surface area (TPSA) is 44.8 Å². The minimum absolute atomic E-state index is 0.0681. The van der Waals surface area contributed by atoms with E-state index in [0.29, 0.717) is 6.04 Å². The van der Waals surface area contributed by atoms with E-state index in [1.54, 1.807) is 0 Å². The van der Waals surface area contributed by atoms with Crippen LogP contribution in [0.5, 0.6) is 0 Å². The maximum atomic E-state index is 11.7. The van der Waals surface area contributed by atoms with E-state index >= 15 is 0 Å². The molecule has 1 saturated heterocycles. The van der Waals surface area contributed by atoms with Gasteiger partial charge in [0.1, 0.15) is 0 Å². The minimum Gasteiger partial charge on any atom is -0.380 e. The number of rotatable bonds is 4. The van der Waals surface area contributed by atoms with Crippen LogP contribution in [-0.2, 0) is 4.74 Å².